The van der Waals surface area contributed by atoms with E-state index in [2.05, 4.69) is 10.1 Å². The molecule has 110 valence electrons. The first-order valence-corrected chi connectivity index (χ1v) is 6.60. The third-order valence-electron chi connectivity index (χ3n) is 3.45. The Labute approximate surface area is 120 Å². The van der Waals surface area contributed by atoms with Gasteiger partial charge >= 0.3 is 0 Å². The minimum absolute atomic E-state index is 0.317. The fraction of sp³-hybridized carbons (Fsp3) is 0.286. The maximum absolute atomic E-state index is 13.4. The average molecular weight is 289 g/mol. The summed E-state index contributed by atoms with van der Waals surface area (Å²) in [5.41, 5.74) is 9.06. The zero-order chi connectivity index (χ0) is 15.1. The third-order valence-corrected chi connectivity index (χ3v) is 3.45. The summed E-state index contributed by atoms with van der Waals surface area (Å²) in [7, 11) is 3.32. The van der Waals surface area contributed by atoms with Gasteiger partial charge in [0.1, 0.15) is 17.1 Å². The first-order chi connectivity index (χ1) is 10.1. The third kappa shape index (κ3) is 1.93. The predicted molar refractivity (Wildman–Crippen MR) is 78.1 cm³/mol. The summed E-state index contributed by atoms with van der Waals surface area (Å²) >= 11 is 0. The monoisotopic (exact) mass is 289 g/mol. The number of ether oxygens (including phenoxy) is 1. The van der Waals surface area contributed by atoms with Gasteiger partial charge in [0, 0.05) is 13.1 Å². The van der Waals surface area contributed by atoms with Crippen LogP contribution in [0.2, 0.25) is 0 Å². The average Bonchev–Trinajstić information content (AvgIpc) is 2.96. The lowest BCUT2D eigenvalue weighted by Gasteiger charge is -2.11. The van der Waals surface area contributed by atoms with Gasteiger partial charge in [0.25, 0.3) is 0 Å². The fourth-order valence-corrected chi connectivity index (χ4v) is 2.51. The highest BCUT2D eigenvalue weighted by Gasteiger charge is 2.20. The summed E-state index contributed by atoms with van der Waals surface area (Å²) in [5, 5.41) is 4.43. The number of benzene rings is 1. The number of methoxy groups -OCH3 is 1. The number of nitrogen functional groups attached to an aromatic ring is 1. The van der Waals surface area contributed by atoms with Crippen LogP contribution in [-0.2, 0) is 13.5 Å². The van der Waals surface area contributed by atoms with E-state index >= 15 is 0 Å². The molecule has 1 aromatic carbocycles. The van der Waals surface area contributed by atoms with Gasteiger partial charge in [0.2, 0.25) is 5.95 Å². The first-order valence-electron chi connectivity index (χ1n) is 6.60. The van der Waals surface area contributed by atoms with E-state index in [1.54, 1.807) is 15.3 Å². The Morgan fingerprint density at radius 2 is 2.14 bits per heavy atom. The summed E-state index contributed by atoms with van der Waals surface area (Å²) in [6.45, 7) is 2.01. The van der Waals surface area contributed by atoms with Gasteiger partial charge in [-0.25, -0.2) is 14.1 Å². The number of hydrogen-bond acceptors (Lipinski definition) is 4. The Kier molecular flexibility index (Phi) is 3.04. The van der Waals surface area contributed by atoms with Crippen LogP contribution in [0.3, 0.4) is 0 Å². The predicted octanol–water partition coefficient (Wildman–Crippen LogP) is 2.05. The van der Waals surface area contributed by atoms with E-state index in [0.717, 1.165) is 23.3 Å². The van der Waals surface area contributed by atoms with Gasteiger partial charge in [0.15, 0.2) is 5.65 Å². The largest absolute Gasteiger partial charge is 0.494 e. The molecular weight excluding hydrogens is 273 g/mol. The maximum Gasteiger partial charge on any atom is 0.207 e. The quantitative estimate of drug-likeness (QED) is 0.801. The van der Waals surface area contributed by atoms with Crippen molar-refractivity contribution in [3.05, 3.63) is 29.7 Å². The van der Waals surface area contributed by atoms with E-state index in [-0.39, 0.29) is 5.82 Å². The van der Waals surface area contributed by atoms with Crippen molar-refractivity contribution in [1.29, 1.82) is 0 Å². The summed E-state index contributed by atoms with van der Waals surface area (Å²) in [4.78, 5) is 4.39. The molecule has 0 radical (unpaired) electrons. The lowest BCUT2D eigenvalue weighted by Crippen LogP contribution is -2.06. The van der Waals surface area contributed by atoms with E-state index in [1.165, 1.54) is 19.2 Å². The molecule has 0 bridgehead atoms. The van der Waals surface area contributed by atoms with Crippen LogP contribution in [0.15, 0.2) is 18.2 Å². The summed E-state index contributed by atoms with van der Waals surface area (Å²) in [6, 6.07) is 4.29. The van der Waals surface area contributed by atoms with Crippen molar-refractivity contribution in [3.8, 4) is 11.4 Å². The highest BCUT2D eigenvalue weighted by Crippen LogP contribution is 2.31. The molecule has 0 aliphatic heterocycles. The molecule has 21 heavy (non-hydrogen) atoms. The molecule has 7 heteroatoms. The van der Waals surface area contributed by atoms with Crippen molar-refractivity contribution >= 4 is 17.1 Å². The van der Waals surface area contributed by atoms with Crippen LogP contribution in [0.25, 0.3) is 16.9 Å². The Balaban J connectivity index is 2.35. The zero-order valence-electron chi connectivity index (χ0n) is 12.1. The molecule has 0 saturated heterocycles. The summed E-state index contributed by atoms with van der Waals surface area (Å²) in [6.07, 6.45) is 0.758. The molecule has 0 fully saturated rings. The van der Waals surface area contributed by atoms with Gasteiger partial charge in [-0.1, -0.05) is 6.92 Å². The van der Waals surface area contributed by atoms with E-state index in [0.29, 0.717) is 17.4 Å². The number of anilines is 1. The van der Waals surface area contributed by atoms with Crippen molar-refractivity contribution in [2.45, 2.75) is 13.3 Å². The van der Waals surface area contributed by atoms with Crippen LogP contribution in [0.4, 0.5) is 10.3 Å². The molecule has 2 heterocycles. The lowest BCUT2D eigenvalue weighted by atomic mass is 10.2. The molecule has 3 aromatic rings. The number of rotatable bonds is 3. The van der Waals surface area contributed by atoms with Crippen LogP contribution in [-0.4, -0.2) is 26.4 Å². The minimum Gasteiger partial charge on any atom is -0.494 e. The summed E-state index contributed by atoms with van der Waals surface area (Å²) in [5.74, 6) is 0.336. The van der Waals surface area contributed by atoms with Crippen LogP contribution in [0.1, 0.15) is 12.6 Å². The molecule has 0 atom stereocenters. The van der Waals surface area contributed by atoms with Gasteiger partial charge in [0.05, 0.1) is 18.5 Å². The molecular formula is C14H16FN5O. The molecule has 3 rings (SSSR count). The Morgan fingerprint density at radius 3 is 2.81 bits per heavy atom. The SMILES string of the molecule is CCc1nn(C)c2c1nc(N)n2-c1ccc(F)cc1OC. The van der Waals surface area contributed by atoms with Crippen LogP contribution in [0, 0.1) is 5.82 Å². The summed E-state index contributed by atoms with van der Waals surface area (Å²) < 4.78 is 22.1. The number of fused-ring (bicyclic) bond motifs is 1. The van der Waals surface area contributed by atoms with Crippen molar-refractivity contribution in [1.82, 2.24) is 19.3 Å². The molecule has 2 aromatic heterocycles. The van der Waals surface area contributed by atoms with Gasteiger partial charge in [-0.3, -0.25) is 4.57 Å². The van der Waals surface area contributed by atoms with E-state index < -0.39 is 0 Å². The number of aromatic nitrogens is 4. The minimum atomic E-state index is -0.371. The molecule has 0 aliphatic rings. The zero-order valence-corrected chi connectivity index (χ0v) is 12.1. The molecule has 2 N–H and O–H groups in total. The smallest absolute Gasteiger partial charge is 0.207 e. The number of nitrogens with two attached hydrogens (primary N) is 1. The molecule has 6 nitrogen and oxygen atoms in total. The normalized spacial score (nSPS) is 11.2. The van der Waals surface area contributed by atoms with Gasteiger partial charge in [-0.15, -0.1) is 0 Å². The topological polar surface area (TPSA) is 70.9 Å². The highest BCUT2D eigenvalue weighted by atomic mass is 19.1. The number of nitrogens with zero attached hydrogens (tertiary/aromatic N) is 4. The van der Waals surface area contributed by atoms with Crippen LogP contribution < -0.4 is 10.5 Å². The van der Waals surface area contributed by atoms with Gasteiger partial charge < -0.3 is 10.5 Å². The van der Waals surface area contributed by atoms with Crippen molar-refractivity contribution < 1.29 is 9.13 Å². The van der Waals surface area contributed by atoms with Gasteiger partial charge in [-0.05, 0) is 18.6 Å². The standard InChI is InChI=1S/C14H16FN5O/c1-4-9-12-13(19(2)18-9)20(14(16)17-12)10-6-5-8(15)7-11(10)21-3/h5-7H,4H2,1-3H3,(H2,16,17). The molecule has 0 saturated carbocycles. The maximum atomic E-state index is 13.4. The van der Waals surface area contributed by atoms with E-state index in [4.69, 9.17) is 10.5 Å². The van der Waals surface area contributed by atoms with Crippen LogP contribution in [0.5, 0.6) is 5.75 Å². The van der Waals surface area contributed by atoms with Crippen molar-refractivity contribution in [2.24, 2.45) is 7.05 Å². The second-order valence-electron chi connectivity index (χ2n) is 4.72. The number of hydrogen-bond donors (Lipinski definition) is 1. The number of imidazole rings is 1. The second kappa shape index (κ2) is 4.76. The molecule has 0 spiro atoms. The highest BCUT2D eigenvalue weighted by molar-refractivity contribution is 5.81. The second-order valence-corrected chi connectivity index (χ2v) is 4.72. The number of aryl methyl sites for hydroxylation is 2. The number of halogens is 1. The Hall–Kier alpha value is -2.57. The van der Waals surface area contributed by atoms with E-state index in [9.17, 15) is 4.39 Å². The first kappa shape index (κ1) is 13.4. The molecule has 0 amide bonds. The van der Waals surface area contributed by atoms with Crippen LogP contribution >= 0.6 is 0 Å². The Morgan fingerprint density at radius 1 is 1.38 bits per heavy atom. The molecule has 0 unspecified atom stereocenters. The lowest BCUT2D eigenvalue weighted by molar-refractivity contribution is 0.409. The van der Waals surface area contributed by atoms with E-state index in [1.807, 2.05) is 14.0 Å². The fourth-order valence-electron chi connectivity index (χ4n) is 2.51. The van der Waals surface area contributed by atoms with Crippen molar-refractivity contribution in [2.75, 3.05) is 12.8 Å². The Bertz CT molecular complexity index is 820. The molecule has 0 aliphatic carbocycles. The van der Waals surface area contributed by atoms with Gasteiger partial charge in [-0.2, -0.15) is 5.10 Å². The van der Waals surface area contributed by atoms with Crippen molar-refractivity contribution in [3.63, 3.8) is 0 Å².